The summed E-state index contributed by atoms with van der Waals surface area (Å²) in [4.78, 5) is 6.95. The lowest BCUT2D eigenvalue weighted by Gasteiger charge is -2.25. The molecule has 212 valence electrons. The summed E-state index contributed by atoms with van der Waals surface area (Å²) in [6.45, 7) is 0. The number of benzene rings is 6. The highest BCUT2D eigenvalue weighted by Crippen LogP contribution is 2.42. The monoisotopic (exact) mass is 577 g/mol. The minimum absolute atomic E-state index is 0.767. The Balaban J connectivity index is 1.20. The molecule has 0 bridgehead atoms. The Hall–Kier alpha value is -6.13. The third kappa shape index (κ3) is 4.04. The quantitative estimate of drug-likeness (QED) is 0.204. The molecule has 6 aromatic carbocycles. The van der Waals surface area contributed by atoms with Crippen LogP contribution in [0.2, 0.25) is 0 Å². The highest BCUT2D eigenvalue weighted by Gasteiger charge is 2.20. The smallest absolute Gasteiger partial charge is 0.177 e. The second-order valence-electron chi connectivity index (χ2n) is 11.2. The zero-order valence-corrected chi connectivity index (χ0v) is 24.3. The number of pyridine rings is 1. The molecule has 4 nitrogen and oxygen atoms in total. The number of para-hydroxylation sites is 5. The van der Waals surface area contributed by atoms with Crippen LogP contribution in [0.1, 0.15) is 0 Å². The van der Waals surface area contributed by atoms with Crippen molar-refractivity contribution in [2.24, 2.45) is 0 Å². The number of rotatable bonds is 5. The van der Waals surface area contributed by atoms with Crippen LogP contribution in [-0.2, 0) is 0 Å². The number of hydrogen-bond acceptors (Lipinski definition) is 3. The molecule has 0 spiro atoms. The maximum atomic E-state index is 6.42. The molecule has 0 N–H and O–H groups in total. The average Bonchev–Trinajstić information content (AvgIpc) is 3.66. The van der Waals surface area contributed by atoms with Crippen LogP contribution < -0.4 is 4.90 Å². The summed E-state index contributed by atoms with van der Waals surface area (Å²) in [5, 5.41) is 3.52. The molecule has 9 aromatic rings. The summed E-state index contributed by atoms with van der Waals surface area (Å²) in [6.07, 6.45) is 1.87. The zero-order valence-electron chi connectivity index (χ0n) is 24.3. The van der Waals surface area contributed by atoms with Gasteiger partial charge in [-0.2, -0.15) is 0 Å². The molecule has 3 heterocycles. The molecule has 0 radical (unpaired) electrons. The number of hydrogen-bond donors (Lipinski definition) is 0. The molecule has 0 unspecified atom stereocenters. The Morgan fingerprint density at radius 2 is 1.11 bits per heavy atom. The Bertz CT molecular complexity index is 2440. The molecule has 0 aliphatic heterocycles. The van der Waals surface area contributed by atoms with Gasteiger partial charge in [-0.15, -0.1) is 0 Å². The molecule has 0 aliphatic rings. The van der Waals surface area contributed by atoms with Crippen molar-refractivity contribution in [3.63, 3.8) is 0 Å². The van der Waals surface area contributed by atoms with E-state index in [9.17, 15) is 0 Å². The van der Waals surface area contributed by atoms with Crippen LogP contribution in [0.15, 0.2) is 168 Å². The van der Waals surface area contributed by atoms with Gasteiger partial charge in [-0.3, -0.25) is 4.98 Å². The highest BCUT2D eigenvalue weighted by atomic mass is 16.3. The first-order chi connectivity index (χ1) is 22.3. The van der Waals surface area contributed by atoms with Crippen LogP contribution in [0, 0.1) is 0 Å². The maximum Gasteiger partial charge on any atom is 0.177 e. The van der Waals surface area contributed by atoms with Crippen molar-refractivity contribution in [3.8, 4) is 16.8 Å². The van der Waals surface area contributed by atoms with E-state index in [1.165, 1.54) is 27.4 Å². The van der Waals surface area contributed by atoms with Gasteiger partial charge < -0.3 is 13.9 Å². The molecule has 0 aliphatic carbocycles. The first-order valence-electron chi connectivity index (χ1n) is 15.1. The highest BCUT2D eigenvalue weighted by molar-refractivity contribution is 6.10. The molecular formula is C41H27N3O. The van der Waals surface area contributed by atoms with E-state index in [2.05, 4.69) is 137 Å². The average molecular weight is 578 g/mol. The Morgan fingerprint density at radius 1 is 0.511 bits per heavy atom. The van der Waals surface area contributed by atoms with Crippen molar-refractivity contribution in [2.75, 3.05) is 4.90 Å². The summed E-state index contributed by atoms with van der Waals surface area (Å²) in [6, 6.07) is 55.3. The summed E-state index contributed by atoms with van der Waals surface area (Å²) in [7, 11) is 0. The SMILES string of the molecule is c1ccc(N(c2ccc(-c3ccccc3-n3c4ccccc4c4ccccc43)cc2)c2ccnc3c2oc2ccccc23)cc1. The van der Waals surface area contributed by atoms with Crippen LogP contribution in [0.25, 0.3) is 60.7 Å². The summed E-state index contributed by atoms with van der Waals surface area (Å²) >= 11 is 0. The van der Waals surface area contributed by atoms with Crippen molar-refractivity contribution in [2.45, 2.75) is 0 Å². The normalized spacial score (nSPS) is 11.6. The van der Waals surface area contributed by atoms with Crippen molar-refractivity contribution in [1.29, 1.82) is 0 Å². The number of nitrogens with zero attached hydrogens (tertiary/aromatic N) is 3. The molecule has 0 saturated carbocycles. The van der Waals surface area contributed by atoms with Crippen molar-refractivity contribution in [1.82, 2.24) is 9.55 Å². The van der Waals surface area contributed by atoms with Gasteiger partial charge in [-0.25, -0.2) is 0 Å². The fraction of sp³-hybridized carbons (Fsp3) is 0. The van der Waals surface area contributed by atoms with Crippen molar-refractivity contribution in [3.05, 3.63) is 164 Å². The zero-order chi connectivity index (χ0) is 29.7. The lowest BCUT2D eigenvalue weighted by molar-refractivity contribution is 0.668. The van der Waals surface area contributed by atoms with Gasteiger partial charge in [0.1, 0.15) is 11.1 Å². The Morgan fingerprint density at radius 3 is 1.87 bits per heavy atom. The fourth-order valence-electron chi connectivity index (χ4n) is 6.66. The summed E-state index contributed by atoms with van der Waals surface area (Å²) in [5.74, 6) is 0. The minimum Gasteiger partial charge on any atom is -0.452 e. The molecular weight excluding hydrogens is 550 g/mol. The van der Waals surface area contributed by atoms with E-state index in [4.69, 9.17) is 9.40 Å². The number of anilines is 3. The second kappa shape index (κ2) is 10.2. The lowest BCUT2D eigenvalue weighted by atomic mass is 10.0. The van der Waals surface area contributed by atoms with E-state index in [-0.39, 0.29) is 0 Å². The lowest BCUT2D eigenvalue weighted by Crippen LogP contribution is -2.10. The summed E-state index contributed by atoms with van der Waals surface area (Å²) in [5.41, 5.74) is 11.4. The van der Waals surface area contributed by atoms with Gasteiger partial charge in [-0.05, 0) is 66.2 Å². The molecule has 3 aromatic heterocycles. The van der Waals surface area contributed by atoms with Gasteiger partial charge >= 0.3 is 0 Å². The predicted molar refractivity (Wildman–Crippen MR) is 186 cm³/mol. The first-order valence-corrected chi connectivity index (χ1v) is 15.1. The van der Waals surface area contributed by atoms with Crippen LogP contribution in [0.5, 0.6) is 0 Å². The Labute approximate surface area is 260 Å². The van der Waals surface area contributed by atoms with Gasteiger partial charge in [-0.1, -0.05) is 97.1 Å². The van der Waals surface area contributed by atoms with Gasteiger partial charge in [0.25, 0.3) is 0 Å². The topological polar surface area (TPSA) is 34.2 Å². The van der Waals surface area contributed by atoms with Crippen LogP contribution in [-0.4, -0.2) is 9.55 Å². The van der Waals surface area contributed by atoms with E-state index in [0.717, 1.165) is 50.4 Å². The first kappa shape index (κ1) is 25.4. The largest absolute Gasteiger partial charge is 0.452 e. The van der Waals surface area contributed by atoms with Gasteiger partial charge in [0.2, 0.25) is 0 Å². The molecule has 9 rings (SSSR count). The van der Waals surface area contributed by atoms with Gasteiger partial charge in [0.15, 0.2) is 5.58 Å². The van der Waals surface area contributed by atoms with Crippen molar-refractivity contribution >= 4 is 60.9 Å². The Kier molecular flexibility index (Phi) is 5.78. The molecule has 0 fully saturated rings. The van der Waals surface area contributed by atoms with E-state index < -0.39 is 0 Å². The summed E-state index contributed by atoms with van der Waals surface area (Å²) < 4.78 is 8.81. The van der Waals surface area contributed by atoms with Crippen LogP contribution in [0.3, 0.4) is 0 Å². The molecule has 0 atom stereocenters. The van der Waals surface area contributed by atoms with Gasteiger partial charge in [0, 0.05) is 39.3 Å². The third-order valence-electron chi connectivity index (χ3n) is 8.65. The predicted octanol–water partition coefficient (Wildman–Crippen LogP) is 11.2. The fourth-order valence-corrected chi connectivity index (χ4v) is 6.66. The van der Waals surface area contributed by atoms with Crippen LogP contribution >= 0.6 is 0 Å². The van der Waals surface area contributed by atoms with E-state index in [0.29, 0.717) is 0 Å². The number of aromatic nitrogens is 2. The molecule has 0 saturated heterocycles. The number of fused-ring (bicyclic) bond motifs is 6. The van der Waals surface area contributed by atoms with E-state index in [1.54, 1.807) is 0 Å². The number of furan rings is 1. The van der Waals surface area contributed by atoms with E-state index in [1.807, 2.05) is 36.5 Å². The maximum absolute atomic E-state index is 6.42. The standard InChI is InChI=1S/C41H27N3O/c1-2-12-29(13-3-1)43(38-26-27-42-40-34-17-7-11-21-39(34)45-41(38)40)30-24-22-28(23-25-30)31-14-4-8-18-35(31)44-36-19-9-5-15-32(36)33-16-6-10-20-37(33)44/h1-27H. The molecule has 4 heteroatoms. The van der Waals surface area contributed by atoms with E-state index >= 15 is 0 Å². The van der Waals surface area contributed by atoms with Crippen LogP contribution in [0.4, 0.5) is 17.1 Å². The second-order valence-corrected chi connectivity index (χ2v) is 11.2. The van der Waals surface area contributed by atoms with Gasteiger partial charge in [0.05, 0.1) is 22.4 Å². The molecule has 45 heavy (non-hydrogen) atoms. The molecule has 0 amide bonds. The van der Waals surface area contributed by atoms with Crippen molar-refractivity contribution < 1.29 is 4.42 Å². The third-order valence-corrected chi connectivity index (χ3v) is 8.65. The minimum atomic E-state index is 0.767.